The predicted octanol–water partition coefficient (Wildman–Crippen LogP) is 2.59. The number of hydrogen-bond donors (Lipinski definition) is 3. The van der Waals surface area contributed by atoms with Crippen LogP contribution in [0.1, 0.15) is 33.8 Å². The van der Waals surface area contributed by atoms with Gasteiger partial charge in [0.25, 0.3) is 5.91 Å². The van der Waals surface area contributed by atoms with Crippen LogP contribution in [0.5, 0.6) is 0 Å². The minimum absolute atomic E-state index is 0.226. The monoisotopic (exact) mass is 361 g/mol. The molecule has 3 aromatic rings. The number of hydrogen-bond acceptors (Lipinski definition) is 5. The van der Waals surface area contributed by atoms with Crippen molar-refractivity contribution in [3.05, 3.63) is 65.6 Å². The molecule has 1 fully saturated rings. The summed E-state index contributed by atoms with van der Waals surface area (Å²) in [7, 11) is 0. The van der Waals surface area contributed by atoms with Crippen molar-refractivity contribution in [1.82, 2.24) is 15.3 Å². The first-order valence-electron chi connectivity index (χ1n) is 9.20. The molecule has 0 saturated carbocycles. The number of aryl methyl sites for hydroxylation is 1. The number of nitrogens with two attached hydrogens (primary N) is 1. The van der Waals surface area contributed by atoms with Crippen molar-refractivity contribution in [2.45, 2.75) is 25.3 Å². The molecule has 2 heterocycles. The molecule has 2 unspecified atom stereocenters. The molecule has 6 heteroatoms. The number of aromatic nitrogens is 2. The first-order valence-corrected chi connectivity index (χ1v) is 9.20. The first-order chi connectivity index (χ1) is 13.1. The van der Waals surface area contributed by atoms with E-state index in [4.69, 9.17) is 5.73 Å². The van der Waals surface area contributed by atoms with Crippen LogP contribution in [-0.2, 0) is 0 Å². The number of nitrogens with zero attached hydrogens (tertiary/aromatic N) is 2. The van der Waals surface area contributed by atoms with E-state index in [0.717, 1.165) is 30.6 Å². The Kier molecular flexibility index (Phi) is 4.73. The van der Waals surface area contributed by atoms with Gasteiger partial charge in [-0.1, -0.05) is 29.8 Å². The van der Waals surface area contributed by atoms with Gasteiger partial charge in [-0.15, -0.1) is 0 Å². The van der Waals surface area contributed by atoms with Crippen LogP contribution >= 0.6 is 0 Å². The van der Waals surface area contributed by atoms with Gasteiger partial charge < -0.3 is 16.4 Å². The van der Waals surface area contributed by atoms with Crippen molar-refractivity contribution >= 4 is 22.5 Å². The van der Waals surface area contributed by atoms with Crippen LogP contribution in [0.3, 0.4) is 0 Å². The largest absolute Gasteiger partial charge is 0.380 e. The molecule has 0 radical (unpaired) electrons. The summed E-state index contributed by atoms with van der Waals surface area (Å²) in [5.41, 5.74) is 10.0. The second kappa shape index (κ2) is 7.32. The van der Waals surface area contributed by atoms with Gasteiger partial charge in [0.1, 0.15) is 6.33 Å². The first kappa shape index (κ1) is 17.4. The lowest BCUT2D eigenvalue weighted by atomic mass is 9.85. The minimum atomic E-state index is -0.484. The summed E-state index contributed by atoms with van der Waals surface area (Å²) in [6, 6.07) is 12.6. The number of carbonyl (C=O) groups is 1. The van der Waals surface area contributed by atoms with Crippen molar-refractivity contribution in [3.63, 3.8) is 0 Å². The summed E-state index contributed by atoms with van der Waals surface area (Å²) >= 11 is 0. The van der Waals surface area contributed by atoms with E-state index in [1.54, 1.807) is 12.3 Å². The van der Waals surface area contributed by atoms with Crippen molar-refractivity contribution < 1.29 is 4.79 Å². The zero-order valence-corrected chi connectivity index (χ0v) is 15.3. The number of anilines is 1. The number of primary amides is 1. The number of fused-ring (bicyclic) bond motifs is 1. The molecule has 2 aromatic carbocycles. The van der Waals surface area contributed by atoms with Crippen molar-refractivity contribution in [2.75, 3.05) is 18.4 Å². The van der Waals surface area contributed by atoms with Gasteiger partial charge in [-0.2, -0.15) is 0 Å². The number of nitrogens with one attached hydrogen (secondary N) is 2. The van der Waals surface area contributed by atoms with E-state index in [0.29, 0.717) is 17.0 Å². The Hall–Kier alpha value is -2.99. The van der Waals surface area contributed by atoms with Crippen molar-refractivity contribution in [3.8, 4) is 0 Å². The van der Waals surface area contributed by atoms with Crippen LogP contribution in [-0.4, -0.2) is 35.0 Å². The summed E-state index contributed by atoms with van der Waals surface area (Å²) < 4.78 is 0. The highest BCUT2D eigenvalue weighted by atomic mass is 16.1. The topological polar surface area (TPSA) is 92.9 Å². The summed E-state index contributed by atoms with van der Waals surface area (Å²) in [6.45, 7) is 3.97. The Morgan fingerprint density at radius 2 is 2.04 bits per heavy atom. The molecule has 4 N–H and O–H groups in total. The molecular weight excluding hydrogens is 338 g/mol. The Balaban J connectivity index is 1.69. The lowest BCUT2D eigenvalue weighted by Gasteiger charge is -2.34. The molecule has 1 saturated heterocycles. The maximum atomic E-state index is 11.7. The molecule has 2 atom stereocenters. The third kappa shape index (κ3) is 3.48. The lowest BCUT2D eigenvalue weighted by Crippen LogP contribution is -2.44. The minimum Gasteiger partial charge on any atom is -0.380 e. The Morgan fingerprint density at radius 1 is 1.22 bits per heavy atom. The molecule has 0 bridgehead atoms. The summed E-state index contributed by atoms with van der Waals surface area (Å²) in [6.07, 6.45) is 4.23. The fraction of sp³-hybridized carbons (Fsp3) is 0.286. The van der Waals surface area contributed by atoms with Crippen LogP contribution in [0.15, 0.2) is 48.9 Å². The average Bonchev–Trinajstić information content (AvgIpc) is 2.69. The molecule has 27 heavy (non-hydrogen) atoms. The molecular formula is C21H23N5O. The SMILES string of the molecule is Cc1ccc(C2CCNCC2Nc2ccc(C(N)=O)c3ncncc23)cc1. The van der Waals surface area contributed by atoms with Crippen LogP contribution < -0.4 is 16.4 Å². The zero-order valence-electron chi connectivity index (χ0n) is 15.3. The Bertz CT molecular complexity index is 970. The van der Waals surface area contributed by atoms with E-state index in [2.05, 4.69) is 51.8 Å². The van der Waals surface area contributed by atoms with E-state index in [-0.39, 0.29) is 6.04 Å². The molecule has 1 amide bonds. The van der Waals surface area contributed by atoms with E-state index < -0.39 is 5.91 Å². The van der Waals surface area contributed by atoms with Gasteiger partial charge in [0.05, 0.1) is 11.1 Å². The molecule has 0 aliphatic carbocycles. The van der Waals surface area contributed by atoms with Gasteiger partial charge in [0, 0.05) is 35.8 Å². The Morgan fingerprint density at radius 3 is 2.81 bits per heavy atom. The zero-order chi connectivity index (χ0) is 18.8. The molecule has 138 valence electrons. The number of rotatable bonds is 4. The van der Waals surface area contributed by atoms with Crippen LogP contribution in [0, 0.1) is 6.92 Å². The van der Waals surface area contributed by atoms with Crippen LogP contribution in [0.4, 0.5) is 5.69 Å². The van der Waals surface area contributed by atoms with E-state index in [9.17, 15) is 4.79 Å². The number of piperidine rings is 1. The predicted molar refractivity (Wildman–Crippen MR) is 107 cm³/mol. The maximum absolute atomic E-state index is 11.7. The molecule has 1 aromatic heterocycles. The highest BCUT2D eigenvalue weighted by Gasteiger charge is 2.27. The molecule has 1 aliphatic rings. The van der Waals surface area contributed by atoms with E-state index in [1.807, 2.05) is 6.07 Å². The summed E-state index contributed by atoms with van der Waals surface area (Å²) in [4.78, 5) is 20.1. The second-order valence-corrected chi connectivity index (χ2v) is 7.07. The number of carbonyl (C=O) groups excluding carboxylic acids is 1. The van der Waals surface area contributed by atoms with Crippen LogP contribution in [0.2, 0.25) is 0 Å². The second-order valence-electron chi connectivity index (χ2n) is 7.07. The summed E-state index contributed by atoms with van der Waals surface area (Å²) in [5.74, 6) is -0.0792. The van der Waals surface area contributed by atoms with Gasteiger partial charge in [-0.05, 0) is 37.6 Å². The third-order valence-corrected chi connectivity index (χ3v) is 5.27. The lowest BCUT2D eigenvalue weighted by molar-refractivity contribution is 0.100. The fourth-order valence-electron chi connectivity index (χ4n) is 3.82. The molecule has 0 spiro atoms. The smallest absolute Gasteiger partial charge is 0.250 e. The quantitative estimate of drug-likeness (QED) is 0.664. The third-order valence-electron chi connectivity index (χ3n) is 5.27. The number of amides is 1. The molecule has 1 aliphatic heterocycles. The van der Waals surface area contributed by atoms with Gasteiger partial charge in [-0.25, -0.2) is 9.97 Å². The number of benzene rings is 2. The van der Waals surface area contributed by atoms with E-state index in [1.165, 1.54) is 17.5 Å². The Labute approximate surface area is 158 Å². The standard InChI is InChI=1S/C21H23N5O/c1-13-2-4-14(5-3-13)15-8-9-23-11-19(15)26-18-7-6-16(21(22)27)20-17(18)10-24-12-25-20/h2-7,10,12,15,19,23,26H,8-9,11H2,1H3,(H2,22,27). The van der Waals surface area contributed by atoms with E-state index >= 15 is 0 Å². The van der Waals surface area contributed by atoms with Gasteiger partial charge in [-0.3, -0.25) is 4.79 Å². The van der Waals surface area contributed by atoms with Crippen molar-refractivity contribution in [2.24, 2.45) is 5.73 Å². The average molecular weight is 361 g/mol. The van der Waals surface area contributed by atoms with Gasteiger partial charge >= 0.3 is 0 Å². The highest BCUT2D eigenvalue weighted by Crippen LogP contribution is 2.31. The molecule has 6 nitrogen and oxygen atoms in total. The van der Waals surface area contributed by atoms with Crippen LogP contribution in [0.25, 0.3) is 10.9 Å². The highest BCUT2D eigenvalue weighted by molar-refractivity contribution is 6.07. The fourth-order valence-corrected chi connectivity index (χ4v) is 3.82. The summed E-state index contributed by atoms with van der Waals surface area (Å²) in [5, 5.41) is 7.94. The van der Waals surface area contributed by atoms with Gasteiger partial charge in [0.15, 0.2) is 0 Å². The van der Waals surface area contributed by atoms with Gasteiger partial charge in [0.2, 0.25) is 0 Å². The normalized spacial score (nSPS) is 19.7. The van der Waals surface area contributed by atoms with Crippen molar-refractivity contribution in [1.29, 1.82) is 0 Å². The maximum Gasteiger partial charge on any atom is 0.250 e. The molecule has 4 rings (SSSR count).